The first kappa shape index (κ1) is 10.4. The van der Waals surface area contributed by atoms with Crippen LogP contribution in [0.25, 0.3) is 0 Å². The van der Waals surface area contributed by atoms with E-state index < -0.39 is 23.5 Å². The zero-order valence-corrected chi connectivity index (χ0v) is 6.72. The molecule has 1 aromatic rings. The predicted molar refractivity (Wildman–Crippen MR) is 38.0 cm³/mol. The molecule has 1 rings (SSSR count). The monoisotopic (exact) mass is 219 g/mol. The maximum Gasteiger partial charge on any atom is 0.511 e. The molecule has 0 aliphatic heterocycles. The number of hydrogen-bond acceptors (Lipinski definition) is 1. The first-order valence-corrected chi connectivity index (χ1v) is 3.95. The van der Waals surface area contributed by atoms with Gasteiger partial charge in [-0.15, -0.1) is 11.3 Å². The number of alkyl halides is 3. The molecule has 0 N–H and O–H groups in total. The van der Waals surface area contributed by atoms with Gasteiger partial charge in [0.1, 0.15) is 0 Å². The Hall–Kier alpha value is -0.655. The van der Waals surface area contributed by atoms with Gasteiger partial charge in [0.15, 0.2) is 0 Å². The molecule has 1 aromatic heterocycles. The summed E-state index contributed by atoms with van der Waals surface area (Å²) in [5.41, 5.74) is -1.56. The van der Waals surface area contributed by atoms with E-state index in [1.54, 1.807) is 0 Å². The van der Waals surface area contributed by atoms with Gasteiger partial charge in [0.2, 0.25) is 0 Å². The molecular formula is C5H2BF6S-. The molecule has 0 fully saturated rings. The summed E-state index contributed by atoms with van der Waals surface area (Å²) in [6.07, 6.45) is -4.92. The second-order valence-corrected chi connectivity index (χ2v) is 3.19. The lowest BCUT2D eigenvalue weighted by atomic mass is 9.80. The molecule has 0 aliphatic carbocycles. The number of rotatable bonds is 1. The zero-order valence-electron chi connectivity index (χ0n) is 5.91. The quantitative estimate of drug-likeness (QED) is 0.503. The highest BCUT2D eigenvalue weighted by molar-refractivity contribution is 7.11. The van der Waals surface area contributed by atoms with Gasteiger partial charge in [-0.1, -0.05) is 11.5 Å². The summed E-state index contributed by atoms with van der Waals surface area (Å²) < 4.78 is 71.7. The Bertz CT molecular complexity index is 268. The lowest BCUT2D eigenvalue weighted by molar-refractivity contribution is -0.133. The van der Waals surface area contributed by atoms with Crippen LogP contribution in [-0.2, 0) is 6.18 Å². The lowest BCUT2D eigenvalue weighted by Gasteiger charge is -2.16. The molecule has 0 bridgehead atoms. The average molecular weight is 219 g/mol. The Morgan fingerprint density at radius 3 is 2.00 bits per heavy atom. The van der Waals surface area contributed by atoms with Crippen molar-refractivity contribution in [2.24, 2.45) is 0 Å². The van der Waals surface area contributed by atoms with Crippen molar-refractivity contribution in [3.05, 3.63) is 16.3 Å². The van der Waals surface area contributed by atoms with E-state index >= 15 is 0 Å². The van der Waals surface area contributed by atoms with Gasteiger partial charge in [0.25, 0.3) is 0 Å². The van der Waals surface area contributed by atoms with Crippen LogP contribution >= 0.6 is 11.3 Å². The fourth-order valence-corrected chi connectivity index (χ4v) is 1.63. The minimum Gasteiger partial charge on any atom is -0.445 e. The summed E-state index contributed by atoms with van der Waals surface area (Å²) in [4.78, 5) is -1.57. The van der Waals surface area contributed by atoms with Gasteiger partial charge in [-0.25, -0.2) is 0 Å². The normalized spacial score (nSPS) is 13.4. The van der Waals surface area contributed by atoms with E-state index in [-0.39, 0.29) is 11.3 Å². The standard InChI is InChI=1S/C5H2BF6S/c7-5(8,9)4-3(1-2-13-4)6(10,11)12/h1-2H/q-1. The SMILES string of the molecule is F[B-](F)(F)c1ccsc1C(F)(F)F. The first-order valence-electron chi connectivity index (χ1n) is 3.07. The zero-order chi connectivity index (χ0) is 10.3. The van der Waals surface area contributed by atoms with Crippen LogP contribution in [0, 0.1) is 0 Å². The van der Waals surface area contributed by atoms with Crippen molar-refractivity contribution in [2.45, 2.75) is 6.18 Å². The van der Waals surface area contributed by atoms with Crippen LogP contribution in [0.1, 0.15) is 4.88 Å². The molecule has 0 amide bonds. The molecule has 0 saturated carbocycles. The van der Waals surface area contributed by atoms with E-state index in [4.69, 9.17) is 0 Å². The van der Waals surface area contributed by atoms with Crippen molar-refractivity contribution >= 4 is 23.8 Å². The smallest absolute Gasteiger partial charge is 0.445 e. The van der Waals surface area contributed by atoms with Crippen molar-refractivity contribution in [3.63, 3.8) is 0 Å². The van der Waals surface area contributed by atoms with Crippen molar-refractivity contribution in [3.8, 4) is 0 Å². The fraction of sp³-hybridized carbons (Fsp3) is 0.200. The molecule has 8 heteroatoms. The topological polar surface area (TPSA) is 0 Å². The van der Waals surface area contributed by atoms with Crippen LogP contribution < -0.4 is 5.46 Å². The summed E-state index contributed by atoms with van der Waals surface area (Å²) in [5.74, 6) is 0. The van der Waals surface area contributed by atoms with Gasteiger partial charge in [-0.3, -0.25) is 0 Å². The fourth-order valence-electron chi connectivity index (χ4n) is 0.807. The van der Waals surface area contributed by atoms with Gasteiger partial charge >= 0.3 is 13.2 Å². The highest BCUT2D eigenvalue weighted by Crippen LogP contribution is 2.33. The highest BCUT2D eigenvalue weighted by Gasteiger charge is 2.40. The highest BCUT2D eigenvalue weighted by atomic mass is 32.1. The Morgan fingerprint density at radius 1 is 1.15 bits per heavy atom. The van der Waals surface area contributed by atoms with Gasteiger partial charge in [-0.05, 0) is 5.38 Å². The van der Waals surface area contributed by atoms with E-state index in [0.717, 1.165) is 5.38 Å². The Labute approximate surface area is 73.2 Å². The Morgan fingerprint density at radius 2 is 1.69 bits per heavy atom. The maximum atomic E-state index is 12.0. The van der Waals surface area contributed by atoms with Crippen LogP contribution in [0.15, 0.2) is 11.4 Å². The summed E-state index contributed by atoms with van der Waals surface area (Å²) in [6, 6.07) is 0.452. The number of thiophene rings is 1. The Balaban J connectivity index is 3.19. The van der Waals surface area contributed by atoms with E-state index in [2.05, 4.69) is 0 Å². The number of halogens is 6. The molecule has 0 spiro atoms. The van der Waals surface area contributed by atoms with Crippen molar-refractivity contribution in [1.29, 1.82) is 0 Å². The lowest BCUT2D eigenvalue weighted by Crippen LogP contribution is -2.37. The summed E-state index contributed by atoms with van der Waals surface area (Å²) in [5, 5.41) is 0.785. The minimum atomic E-state index is -5.57. The van der Waals surface area contributed by atoms with Gasteiger partial charge in [-0.2, -0.15) is 13.2 Å². The molecule has 13 heavy (non-hydrogen) atoms. The van der Waals surface area contributed by atoms with Crippen LogP contribution in [0.3, 0.4) is 0 Å². The summed E-state index contributed by atoms with van der Waals surface area (Å²) in [7, 11) is 0. The third kappa shape index (κ3) is 2.17. The number of hydrogen-bond donors (Lipinski definition) is 0. The maximum absolute atomic E-state index is 12.0. The Kier molecular flexibility index (Phi) is 2.35. The molecule has 74 valence electrons. The molecule has 0 unspecified atom stereocenters. The second-order valence-electron chi connectivity index (χ2n) is 2.28. The molecule has 0 nitrogen and oxygen atoms in total. The van der Waals surface area contributed by atoms with Gasteiger partial charge in [0, 0.05) is 0 Å². The molecule has 0 saturated heterocycles. The van der Waals surface area contributed by atoms with Gasteiger partial charge in [0.05, 0.1) is 4.88 Å². The summed E-state index contributed by atoms with van der Waals surface area (Å²) in [6.45, 7) is -5.57. The van der Waals surface area contributed by atoms with Gasteiger partial charge < -0.3 is 12.9 Å². The van der Waals surface area contributed by atoms with E-state index in [1.165, 1.54) is 0 Å². The van der Waals surface area contributed by atoms with Crippen molar-refractivity contribution < 1.29 is 26.1 Å². The minimum absolute atomic E-state index is 0.0540. The van der Waals surface area contributed by atoms with E-state index in [0.29, 0.717) is 6.07 Å². The second kappa shape index (κ2) is 2.93. The molecule has 0 radical (unpaired) electrons. The third-order valence-electron chi connectivity index (χ3n) is 1.31. The largest absolute Gasteiger partial charge is 0.511 e. The molecular weight excluding hydrogens is 217 g/mol. The predicted octanol–water partition coefficient (Wildman–Crippen LogP) is 2.82. The summed E-state index contributed by atoms with van der Waals surface area (Å²) >= 11 is 0.0540. The van der Waals surface area contributed by atoms with Crippen LogP contribution in [0.5, 0.6) is 0 Å². The van der Waals surface area contributed by atoms with Crippen molar-refractivity contribution in [1.82, 2.24) is 0 Å². The third-order valence-corrected chi connectivity index (χ3v) is 2.28. The van der Waals surface area contributed by atoms with E-state index in [1.807, 2.05) is 0 Å². The molecule has 1 heterocycles. The van der Waals surface area contributed by atoms with Crippen LogP contribution in [0.4, 0.5) is 26.1 Å². The molecule has 0 aliphatic rings. The first-order chi connectivity index (χ1) is 5.73. The van der Waals surface area contributed by atoms with Crippen LogP contribution in [0.2, 0.25) is 0 Å². The molecule has 0 atom stereocenters. The van der Waals surface area contributed by atoms with E-state index in [9.17, 15) is 26.1 Å². The van der Waals surface area contributed by atoms with Crippen LogP contribution in [-0.4, -0.2) is 6.98 Å². The van der Waals surface area contributed by atoms with Crippen molar-refractivity contribution in [2.75, 3.05) is 0 Å². The molecule has 0 aromatic carbocycles. The average Bonchev–Trinajstić information content (AvgIpc) is 2.27.